The molecule has 0 heterocycles. The van der Waals surface area contributed by atoms with Gasteiger partial charge in [-0.05, 0) is 24.3 Å². The van der Waals surface area contributed by atoms with Crippen LogP contribution in [0.2, 0.25) is 0 Å². The topological polar surface area (TPSA) is 83.8 Å². The van der Waals surface area contributed by atoms with Gasteiger partial charge < -0.3 is 14.9 Å². The summed E-state index contributed by atoms with van der Waals surface area (Å²) in [6.07, 6.45) is -0.0827. The Kier molecular flexibility index (Phi) is 3.82. The van der Waals surface area contributed by atoms with E-state index < -0.39 is 11.9 Å². The van der Waals surface area contributed by atoms with Crippen molar-refractivity contribution in [2.24, 2.45) is 0 Å². The zero-order valence-corrected chi connectivity index (χ0v) is 7.84. The van der Waals surface area contributed by atoms with Crippen LogP contribution in [0.25, 0.3) is 0 Å². The highest BCUT2D eigenvalue weighted by atomic mass is 16.5. The fourth-order valence-electron chi connectivity index (χ4n) is 0.939. The Bertz CT molecular complexity index is 355. The summed E-state index contributed by atoms with van der Waals surface area (Å²) in [5.74, 6) is -1.33. The van der Waals surface area contributed by atoms with Crippen LogP contribution in [0.4, 0.5) is 0 Å². The summed E-state index contributed by atoms with van der Waals surface area (Å²) in [6, 6.07) is 5.45. The first-order chi connectivity index (χ1) is 7.13. The van der Waals surface area contributed by atoms with Gasteiger partial charge in [-0.2, -0.15) is 0 Å². The Hall–Kier alpha value is -1.88. The van der Waals surface area contributed by atoms with Crippen molar-refractivity contribution in [1.82, 2.24) is 0 Å². The first-order valence-corrected chi connectivity index (χ1v) is 4.28. The first-order valence-electron chi connectivity index (χ1n) is 4.28. The molecule has 15 heavy (non-hydrogen) atoms. The van der Waals surface area contributed by atoms with Crippen LogP contribution in [0, 0.1) is 0 Å². The van der Waals surface area contributed by atoms with Gasteiger partial charge in [-0.1, -0.05) is 0 Å². The van der Waals surface area contributed by atoms with Gasteiger partial charge in [0.25, 0.3) is 0 Å². The number of carboxylic acid groups (broad SMARTS) is 1. The van der Waals surface area contributed by atoms with E-state index in [1.165, 1.54) is 24.3 Å². The summed E-state index contributed by atoms with van der Waals surface area (Å²) >= 11 is 0. The summed E-state index contributed by atoms with van der Waals surface area (Å²) in [7, 11) is 0. The molecule has 1 rings (SSSR count). The number of esters is 1. The molecular weight excluding hydrogens is 200 g/mol. The Morgan fingerprint density at radius 1 is 1.20 bits per heavy atom. The molecule has 80 valence electrons. The van der Waals surface area contributed by atoms with Crippen LogP contribution in [0.5, 0.6) is 5.75 Å². The maximum absolute atomic E-state index is 10.9. The average Bonchev–Trinajstić information content (AvgIpc) is 2.18. The molecule has 0 bridgehead atoms. The predicted molar refractivity (Wildman–Crippen MR) is 50.7 cm³/mol. The molecule has 5 heteroatoms. The Morgan fingerprint density at radius 3 is 2.27 bits per heavy atom. The fourth-order valence-corrected chi connectivity index (χ4v) is 0.939. The number of benzene rings is 1. The van der Waals surface area contributed by atoms with Gasteiger partial charge in [-0.15, -0.1) is 0 Å². The standard InChI is InChI=1S/C10H10O5/c11-6-5-9(12)15-8-3-1-7(2-4-8)10(13)14/h1-4,11H,5-6H2,(H,13,14). The van der Waals surface area contributed by atoms with Crippen molar-refractivity contribution in [1.29, 1.82) is 0 Å². The fraction of sp³-hybridized carbons (Fsp3) is 0.200. The number of carboxylic acids is 1. The first kappa shape index (κ1) is 11.2. The van der Waals surface area contributed by atoms with E-state index in [1.54, 1.807) is 0 Å². The molecular formula is C10H10O5. The summed E-state index contributed by atoms with van der Waals surface area (Å²) in [5, 5.41) is 17.1. The molecule has 0 unspecified atom stereocenters. The number of carbonyl (C=O) groups excluding carboxylic acids is 1. The molecule has 0 aromatic heterocycles. The number of rotatable bonds is 4. The van der Waals surface area contributed by atoms with Crippen LogP contribution in [-0.4, -0.2) is 28.8 Å². The number of aliphatic hydroxyl groups is 1. The van der Waals surface area contributed by atoms with Gasteiger partial charge in [-0.3, -0.25) is 4.79 Å². The lowest BCUT2D eigenvalue weighted by molar-refractivity contribution is -0.135. The highest BCUT2D eigenvalue weighted by Crippen LogP contribution is 2.12. The lowest BCUT2D eigenvalue weighted by Gasteiger charge is -2.02. The highest BCUT2D eigenvalue weighted by molar-refractivity contribution is 5.87. The van der Waals surface area contributed by atoms with E-state index in [-0.39, 0.29) is 24.3 Å². The van der Waals surface area contributed by atoms with Crippen LogP contribution in [0.3, 0.4) is 0 Å². The molecule has 0 aliphatic rings. The third kappa shape index (κ3) is 3.40. The van der Waals surface area contributed by atoms with E-state index in [0.717, 1.165) is 0 Å². The number of aliphatic hydroxyl groups excluding tert-OH is 1. The minimum Gasteiger partial charge on any atom is -0.478 e. The van der Waals surface area contributed by atoms with Gasteiger partial charge in [0.05, 0.1) is 18.6 Å². The smallest absolute Gasteiger partial charge is 0.335 e. The second-order valence-electron chi connectivity index (χ2n) is 2.78. The van der Waals surface area contributed by atoms with Crippen LogP contribution in [-0.2, 0) is 4.79 Å². The highest BCUT2D eigenvalue weighted by Gasteiger charge is 2.05. The van der Waals surface area contributed by atoms with Gasteiger partial charge >= 0.3 is 11.9 Å². The summed E-state index contributed by atoms with van der Waals surface area (Å²) in [5.41, 5.74) is 0.122. The van der Waals surface area contributed by atoms with E-state index in [2.05, 4.69) is 0 Å². The van der Waals surface area contributed by atoms with Crippen LogP contribution in [0.15, 0.2) is 24.3 Å². The quantitative estimate of drug-likeness (QED) is 0.563. The van der Waals surface area contributed by atoms with Gasteiger partial charge in [0, 0.05) is 0 Å². The van der Waals surface area contributed by atoms with Crippen molar-refractivity contribution >= 4 is 11.9 Å². The van der Waals surface area contributed by atoms with Crippen molar-refractivity contribution in [2.75, 3.05) is 6.61 Å². The molecule has 0 spiro atoms. The molecule has 0 saturated heterocycles. The summed E-state index contributed by atoms with van der Waals surface area (Å²) in [4.78, 5) is 21.4. The van der Waals surface area contributed by atoms with E-state index >= 15 is 0 Å². The minimum absolute atomic E-state index is 0.0827. The van der Waals surface area contributed by atoms with Crippen molar-refractivity contribution < 1.29 is 24.5 Å². The third-order valence-electron chi connectivity index (χ3n) is 1.65. The lowest BCUT2D eigenvalue weighted by atomic mass is 10.2. The SMILES string of the molecule is O=C(CCO)Oc1ccc(C(=O)O)cc1. The zero-order chi connectivity index (χ0) is 11.3. The molecule has 2 N–H and O–H groups in total. The van der Waals surface area contributed by atoms with Crippen molar-refractivity contribution in [3.05, 3.63) is 29.8 Å². The molecule has 0 fully saturated rings. The van der Waals surface area contributed by atoms with Gasteiger partial charge in [0.2, 0.25) is 0 Å². The molecule has 0 aliphatic heterocycles. The van der Waals surface area contributed by atoms with Crippen LogP contribution >= 0.6 is 0 Å². The van der Waals surface area contributed by atoms with Crippen molar-refractivity contribution in [2.45, 2.75) is 6.42 Å². The Labute approximate surface area is 85.9 Å². The van der Waals surface area contributed by atoms with E-state index in [1.807, 2.05) is 0 Å². The summed E-state index contributed by atoms with van der Waals surface area (Å²) in [6.45, 7) is -0.272. The van der Waals surface area contributed by atoms with Crippen LogP contribution < -0.4 is 4.74 Å². The van der Waals surface area contributed by atoms with Gasteiger partial charge in [0.15, 0.2) is 0 Å². The number of ether oxygens (including phenoxy) is 1. The van der Waals surface area contributed by atoms with E-state index in [4.69, 9.17) is 14.9 Å². The van der Waals surface area contributed by atoms with Gasteiger partial charge in [-0.25, -0.2) is 4.79 Å². The Balaban J connectivity index is 2.64. The number of carbonyl (C=O) groups is 2. The van der Waals surface area contributed by atoms with Crippen molar-refractivity contribution in [3.63, 3.8) is 0 Å². The van der Waals surface area contributed by atoms with Crippen LogP contribution in [0.1, 0.15) is 16.8 Å². The lowest BCUT2D eigenvalue weighted by Crippen LogP contribution is -2.09. The number of hydrogen-bond acceptors (Lipinski definition) is 4. The molecule has 0 saturated carbocycles. The van der Waals surface area contributed by atoms with Crippen molar-refractivity contribution in [3.8, 4) is 5.75 Å². The number of aromatic carboxylic acids is 1. The minimum atomic E-state index is -1.04. The second-order valence-corrected chi connectivity index (χ2v) is 2.78. The monoisotopic (exact) mass is 210 g/mol. The molecule has 5 nitrogen and oxygen atoms in total. The largest absolute Gasteiger partial charge is 0.478 e. The van der Waals surface area contributed by atoms with E-state index in [0.29, 0.717) is 0 Å². The maximum Gasteiger partial charge on any atom is 0.335 e. The molecule has 0 atom stereocenters. The molecule has 0 aliphatic carbocycles. The molecule has 1 aromatic carbocycles. The third-order valence-corrected chi connectivity index (χ3v) is 1.65. The molecule has 0 amide bonds. The maximum atomic E-state index is 10.9. The number of hydrogen-bond donors (Lipinski definition) is 2. The predicted octanol–water partition coefficient (Wildman–Crippen LogP) is 0.673. The summed E-state index contributed by atoms with van der Waals surface area (Å²) < 4.78 is 4.80. The zero-order valence-electron chi connectivity index (χ0n) is 7.84. The van der Waals surface area contributed by atoms with Gasteiger partial charge in [0.1, 0.15) is 5.75 Å². The average molecular weight is 210 g/mol. The normalized spacial score (nSPS) is 9.67. The Morgan fingerprint density at radius 2 is 1.80 bits per heavy atom. The molecule has 1 aromatic rings. The van der Waals surface area contributed by atoms with E-state index in [9.17, 15) is 9.59 Å². The second kappa shape index (κ2) is 5.11. The molecule has 0 radical (unpaired) electrons.